The second kappa shape index (κ2) is 7.08. The van der Waals surface area contributed by atoms with Crippen molar-refractivity contribution in [2.75, 3.05) is 6.54 Å². The average Bonchev–Trinajstić information content (AvgIpc) is 2.48. The van der Waals surface area contributed by atoms with E-state index in [1.54, 1.807) is 12.1 Å². The van der Waals surface area contributed by atoms with Crippen LogP contribution in [0.3, 0.4) is 0 Å². The van der Waals surface area contributed by atoms with Crippen molar-refractivity contribution in [2.45, 2.75) is 25.5 Å². The van der Waals surface area contributed by atoms with Gasteiger partial charge in [0.1, 0.15) is 5.75 Å². The molecule has 2 aromatic carbocycles. The van der Waals surface area contributed by atoms with Crippen molar-refractivity contribution in [3.63, 3.8) is 0 Å². The van der Waals surface area contributed by atoms with E-state index in [2.05, 4.69) is 12.2 Å². The van der Waals surface area contributed by atoms with E-state index in [9.17, 15) is 10.2 Å². The first kappa shape index (κ1) is 14.6. The van der Waals surface area contributed by atoms with E-state index in [0.29, 0.717) is 6.54 Å². The molecule has 106 valence electrons. The van der Waals surface area contributed by atoms with Crippen LogP contribution in [0.5, 0.6) is 5.75 Å². The highest BCUT2D eigenvalue weighted by Gasteiger charge is 2.09. The monoisotopic (exact) mass is 271 g/mol. The zero-order chi connectivity index (χ0) is 14.4. The van der Waals surface area contributed by atoms with Crippen LogP contribution in [0.4, 0.5) is 0 Å². The van der Waals surface area contributed by atoms with Gasteiger partial charge in [0.2, 0.25) is 0 Å². The predicted molar refractivity (Wildman–Crippen MR) is 80.7 cm³/mol. The lowest BCUT2D eigenvalue weighted by Crippen LogP contribution is -2.32. The summed E-state index contributed by atoms with van der Waals surface area (Å²) in [5.41, 5.74) is 2.09. The molecule has 0 heterocycles. The van der Waals surface area contributed by atoms with Gasteiger partial charge in [0.05, 0.1) is 6.10 Å². The van der Waals surface area contributed by atoms with E-state index in [1.165, 1.54) is 0 Å². The van der Waals surface area contributed by atoms with Gasteiger partial charge in [-0.1, -0.05) is 42.5 Å². The summed E-state index contributed by atoms with van der Waals surface area (Å²) in [6, 6.07) is 17.1. The molecule has 0 aliphatic rings. The van der Waals surface area contributed by atoms with E-state index in [1.807, 2.05) is 42.5 Å². The summed E-state index contributed by atoms with van der Waals surface area (Å²) in [7, 11) is 0. The fraction of sp³-hybridized carbons (Fsp3) is 0.294. The maximum Gasteiger partial charge on any atom is 0.115 e. The predicted octanol–water partition coefficient (Wildman–Crippen LogP) is 2.65. The fourth-order valence-corrected chi connectivity index (χ4v) is 2.16. The number of aliphatic hydroxyl groups is 1. The highest BCUT2D eigenvalue weighted by Crippen LogP contribution is 2.13. The number of aromatic hydroxyl groups is 1. The van der Waals surface area contributed by atoms with Crippen molar-refractivity contribution in [3.05, 3.63) is 65.7 Å². The largest absolute Gasteiger partial charge is 0.508 e. The maximum atomic E-state index is 10.1. The van der Waals surface area contributed by atoms with Crippen LogP contribution >= 0.6 is 0 Å². The lowest BCUT2D eigenvalue weighted by Gasteiger charge is -2.17. The molecule has 0 saturated heterocycles. The standard InChI is InChI=1S/C17H21NO2/c1-13(11-14-7-9-16(19)10-8-14)18-12-17(20)15-5-3-2-4-6-15/h2-10,13,17-20H,11-12H2,1H3/t13?,17-/m0/s1. The smallest absolute Gasteiger partial charge is 0.115 e. The number of rotatable bonds is 6. The molecule has 0 aliphatic carbocycles. The molecule has 0 saturated carbocycles. The molecule has 0 aliphatic heterocycles. The minimum atomic E-state index is -0.488. The first-order chi connectivity index (χ1) is 9.65. The Bertz CT molecular complexity index is 510. The molecule has 20 heavy (non-hydrogen) atoms. The summed E-state index contributed by atoms with van der Waals surface area (Å²) in [5.74, 6) is 0.286. The van der Waals surface area contributed by atoms with Gasteiger partial charge in [-0.15, -0.1) is 0 Å². The van der Waals surface area contributed by atoms with Crippen LogP contribution in [-0.4, -0.2) is 22.8 Å². The quantitative estimate of drug-likeness (QED) is 0.757. The summed E-state index contributed by atoms with van der Waals surface area (Å²) >= 11 is 0. The molecule has 1 unspecified atom stereocenters. The third-order valence-electron chi connectivity index (χ3n) is 3.32. The number of hydrogen-bond donors (Lipinski definition) is 3. The minimum Gasteiger partial charge on any atom is -0.508 e. The van der Waals surface area contributed by atoms with Crippen LogP contribution in [0.1, 0.15) is 24.2 Å². The van der Waals surface area contributed by atoms with Gasteiger partial charge < -0.3 is 15.5 Å². The average molecular weight is 271 g/mol. The van der Waals surface area contributed by atoms with Crippen molar-refractivity contribution in [3.8, 4) is 5.75 Å². The molecule has 0 fully saturated rings. The number of hydrogen-bond acceptors (Lipinski definition) is 3. The van der Waals surface area contributed by atoms with E-state index in [4.69, 9.17) is 0 Å². The Labute approximate surface area is 119 Å². The van der Waals surface area contributed by atoms with Crippen molar-refractivity contribution < 1.29 is 10.2 Å². The van der Waals surface area contributed by atoms with Gasteiger partial charge >= 0.3 is 0 Å². The van der Waals surface area contributed by atoms with Crippen molar-refractivity contribution >= 4 is 0 Å². The maximum absolute atomic E-state index is 10.1. The van der Waals surface area contributed by atoms with Crippen molar-refractivity contribution in [1.29, 1.82) is 0 Å². The summed E-state index contributed by atoms with van der Waals surface area (Å²) < 4.78 is 0. The zero-order valence-electron chi connectivity index (χ0n) is 11.7. The Morgan fingerprint density at radius 2 is 1.65 bits per heavy atom. The van der Waals surface area contributed by atoms with Crippen molar-refractivity contribution in [2.24, 2.45) is 0 Å². The topological polar surface area (TPSA) is 52.5 Å². The van der Waals surface area contributed by atoms with Crippen LogP contribution in [0, 0.1) is 0 Å². The minimum absolute atomic E-state index is 0.262. The van der Waals surface area contributed by atoms with Crippen LogP contribution in [0.25, 0.3) is 0 Å². The molecule has 0 radical (unpaired) electrons. The van der Waals surface area contributed by atoms with Gasteiger partial charge in [0.25, 0.3) is 0 Å². The molecule has 2 atom stereocenters. The normalized spacial score (nSPS) is 13.9. The molecule has 0 aromatic heterocycles. The molecule has 2 rings (SSSR count). The Hall–Kier alpha value is -1.84. The Morgan fingerprint density at radius 1 is 1.00 bits per heavy atom. The van der Waals surface area contributed by atoms with E-state index in [-0.39, 0.29) is 11.8 Å². The van der Waals surface area contributed by atoms with Crippen LogP contribution < -0.4 is 5.32 Å². The van der Waals surface area contributed by atoms with Gasteiger partial charge in [0.15, 0.2) is 0 Å². The molecule has 3 heteroatoms. The third-order valence-corrected chi connectivity index (χ3v) is 3.32. The van der Waals surface area contributed by atoms with Gasteiger partial charge in [-0.05, 0) is 36.6 Å². The van der Waals surface area contributed by atoms with Crippen LogP contribution in [0.15, 0.2) is 54.6 Å². The summed E-state index contributed by atoms with van der Waals surface area (Å²) in [5, 5.41) is 22.7. The first-order valence-electron chi connectivity index (χ1n) is 6.89. The van der Waals surface area contributed by atoms with Crippen LogP contribution in [0.2, 0.25) is 0 Å². The Morgan fingerprint density at radius 3 is 2.30 bits per heavy atom. The molecule has 0 spiro atoms. The van der Waals surface area contributed by atoms with Gasteiger partial charge in [-0.3, -0.25) is 0 Å². The summed E-state index contributed by atoms with van der Waals surface area (Å²) in [6.45, 7) is 2.62. The molecular weight excluding hydrogens is 250 g/mol. The lowest BCUT2D eigenvalue weighted by molar-refractivity contribution is 0.170. The third kappa shape index (κ3) is 4.37. The van der Waals surface area contributed by atoms with Gasteiger partial charge in [0, 0.05) is 12.6 Å². The second-order valence-corrected chi connectivity index (χ2v) is 5.11. The first-order valence-corrected chi connectivity index (χ1v) is 6.89. The summed E-state index contributed by atoms with van der Waals surface area (Å²) in [6.07, 6.45) is 0.375. The second-order valence-electron chi connectivity index (χ2n) is 5.11. The molecule has 2 aromatic rings. The molecular formula is C17H21NO2. The SMILES string of the molecule is CC(Cc1ccc(O)cc1)NC[C@H](O)c1ccccc1. The zero-order valence-corrected chi connectivity index (χ0v) is 11.7. The Balaban J connectivity index is 1.80. The van der Waals surface area contributed by atoms with Gasteiger partial charge in [-0.2, -0.15) is 0 Å². The van der Waals surface area contributed by atoms with E-state index in [0.717, 1.165) is 17.5 Å². The number of nitrogens with one attached hydrogen (secondary N) is 1. The van der Waals surface area contributed by atoms with E-state index >= 15 is 0 Å². The highest BCUT2D eigenvalue weighted by molar-refractivity contribution is 5.26. The number of aliphatic hydroxyl groups excluding tert-OH is 1. The fourth-order valence-electron chi connectivity index (χ4n) is 2.16. The van der Waals surface area contributed by atoms with Crippen molar-refractivity contribution in [1.82, 2.24) is 5.32 Å². The highest BCUT2D eigenvalue weighted by atomic mass is 16.3. The van der Waals surface area contributed by atoms with Gasteiger partial charge in [-0.25, -0.2) is 0 Å². The molecule has 3 N–H and O–H groups in total. The lowest BCUT2D eigenvalue weighted by atomic mass is 10.1. The number of phenols is 1. The molecule has 3 nitrogen and oxygen atoms in total. The number of phenolic OH excluding ortho intramolecular Hbond substituents is 1. The molecule has 0 amide bonds. The number of benzene rings is 2. The van der Waals surface area contributed by atoms with Crippen LogP contribution in [-0.2, 0) is 6.42 Å². The molecule has 0 bridgehead atoms. The Kier molecular flexibility index (Phi) is 5.16. The summed E-state index contributed by atoms with van der Waals surface area (Å²) in [4.78, 5) is 0. The van der Waals surface area contributed by atoms with E-state index < -0.39 is 6.10 Å².